The highest BCUT2D eigenvalue weighted by atomic mass is 35.5. The van der Waals surface area contributed by atoms with Crippen LogP contribution in [0.2, 0.25) is 5.02 Å². The van der Waals surface area contributed by atoms with Crippen LogP contribution in [0.1, 0.15) is 24.1 Å². The molecule has 3 heterocycles. The summed E-state index contributed by atoms with van der Waals surface area (Å²) in [7, 11) is 0. The van der Waals surface area contributed by atoms with Gasteiger partial charge in [-0.2, -0.15) is 0 Å². The number of rotatable bonds is 4. The minimum atomic E-state index is -0.291. The summed E-state index contributed by atoms with van der Waals surface area (Å²) in [6, 6.07) is 10.7. The van der Waals surface area contributed by atoms with E-state index in [1.54, 1.807) is 30.7 Å². The Kier molecular flexibility index (Phi) is 4.79. The molecule has 0 bridgehead atoms. The topological polar surface area (TPSA) is 83.6 Å². The van der Waals surface area contributed by atoms with Crippen LogP contribution in [0.5, 0.6) is 0 Å². The second-order valence-electron chi connectivity index (χ2n) is 6.61. The number of pyridine rings is 2. The summed E-state index contributed by atoms with van der Waals surface area (Å²) in [5.41, 5.74) is 4.00. The number of hydrogen-bond acceptors (Lipinski definition) is 5. The van der Waals surface area contributed by atoms with Gasteiger partial charge in [0.2, 0.25) is 5.95 Å². The summed E-state index contributed by atoms with van der Waals surface area (Å²) in [5.74, 6) is 0.451. The maximum atomic E-state index is 12.5. The third-order valence-corrected chi connectivity index (χ3v) is 4.83. The van der Waals surface area contributed by atoms with Gasteiger partial charge in [0.1, 0.15) is 0 Å². The molecule has 4 rings (SSSR count). The van der Waals surface area contributed by atoms with Gasteiger partial charge in [0.25, 0.3) is 5.56 Å². The number of halogens is 1. The van der Waals surface area contributed by atoms with Gasteiger partial charge in [-0.25, -0.2) is 9.97 Å². The molecule has 0 amide bonds. The lowest BCUT2D eigenvalue weighted by atomic mass is 10.1. The summed E-state index contributed by atoms with van der Waals surface area (Å²) < 4.78 is 0. The fourth-order valence-corrected chi connectivity index (χ4v) is 3.31. The van der Waals surface area contributed by atoms with Crippen molar-refractivity contribution < 1.29 is 0 Å². The molecule has 0 fully saturated rings. The Morgan fingerprint density at radius 2 is 2.00 bits per heavy atom. The number of aromatic amines is 1. The first-order valence-corrected chi connectivity index (χ1v) is 9.22. The van der Waals surface area contributed by atoms with Crippen molar-refractivity contribution >= 4 is 28.5 Å². The largest absolute Gasteiger partial charge is 0.347 e. The van der Waals surface area contributed by atoms with E-state index in [2.05, 4.69) is 25.3 Å². The zero-order valence-corrected chi connectivity index (χ0v) is 16.2. The van der Waals surface area contributed by atoms with Crippen LogP contribution >= 0.6 is 11.6 Å². The van der Waals surface area contributed by atoms with Crippen LogP contribution in [-0.2, 0) is 0 Å². The second kappa shape index (κ2) is 7.40. The maximum Gasteiger partial charge on any atom is 0.253 e. The van der Waals surface area contributed by atoms with Crippen molar-refractivity contribution in [3.8, 4) is 11.3 Å². The van der Waals surface area contributed by atoms with Gasteiger partial charge in [0.05, 0.1) is 11.7 Å². The van der Waals surface area contributed by atoms with Crippen LogP contribution in [0.15, 0.2) is 59.8 Å². The Labute approximate surface area is 166 Å². The normalized spacial score (nSPS) is 12.1. The van der Waals surface area contributed by atoms with Gasteiger partial charge in [-0.1, -0.05) is 11.6 Å². The zero-order chi connectivity index (χ0) is 19.7. The number of nitrogens with one attached hydrogen (secondary N) is 2. The quantitative estimate of drug-likeness (QED) is 0.534. The maximum absolute atomic E-state index is 12.5. The molecule has 28 heavy (non-hydrogen) atoms. The van der Waals surface area contributed by atoms with Crippen LogP contribution in [0.4, 0.5) is 5.95 Å². The van der Waals surface area contributed by atoms with Gasteiger partial charge in [0.15, 0.2) is 0 Å². The number of aromatic nitrogens is 4. The molecule has 3 aromatic heterocycles. The molecule has 0 aliphatic heterocycles. The summed E-state index contributed by atoms with van der Waals surface area (Å²) >= 11 is 6.08. The van der Waals surface area contributed by atoms with Crippen LogP contribution in [0.3, 0.4) is 0 Å². The number of anilines is 1. The second-order valence-corrected chi connectivity index (χ2v) is 7.04. The summed E-state index contributed by atoms with van der Waals surface area (Å²) in [4.78, 5) is 28.4. The Bertz CT molecular complexity index is 1220. The number of H-pyrrole nitrogens is 1. The Morgan fingerprint density at radius 3 is 2.82 bits per heavy atom. The van der Waals surface area contributed by atoms with Crippen molar-refractivity contribution in [2.75, 3.05) is 5.32 Å². The highest BCUT2D eigenvalue weighted by Gasteiger charge is 2.13. The van der Waals surface area contributed by atoms with Gasteiger partial charge >= 0.3 is 0 Å². The number of hydrogen-bond donors (Lipinski definition) is 2. The van der Waals surface area contributed by atoms with E-state index < -0.39 is 0 Å². The van der Waals surface area contributed by atoms with Crippen molar-refractivity contribution in [3.63, 3.8) is 0 Å². The molecule has 0 unspecified atom stereocenters. The molecule has 1 aromatic carbocycles. The average Bonchev–Trinajstić information content (AvgIpc) is 2.68. The van der Waals surface area contributed by atoms with E-state index in [0.29, 0.717) is 16.5 Å². The molecule has 0 radical (unpaired) electrons. The van der Waals surface area contributed by atoms with E-state index in [-0.39, 0.29) is 11.6 Å². The van der Waals surface area contributed by atoms with Crippen LogP contribution in [-0.4, -0.2) is 19.9 Å². The molecular formula is C21H18ClN5O. The first-order valence-electron chi connectivity index (χ1n) is 8.84. The summed E-state index contributed by atoms with van der Waals surface area (Å²) in [6.07, 6.45) is 5.23. The van der Waals surface area contributed by atoms with Crippen LogP contribution in [0, 0.1) is 6.92 Å². The predicted octanol–water partition coefficient (Wildman–Crippen LogP) is 4.52. The molecule has 0 aliphatic carbocycles. The first-order chi connectivity index (χ1) is 13.5. The Morgan fingerprint density at radius 1 is 1.14 bits per heavy atom. The van der Waals surface area contributed by atoms with E-state index in [9.17, 15) is 4.79 Å². The van der Waals surface area contributed by atoms with Crippen molar-refractivity contribution in [2.24, 2.45) is 0 Å². The van der Waals surface area contributed by atoms with E-state index in [1.165, 1.54) is 0 Å². The molecule has 2 N–H and O–H groups in total. The van der Waals surface area contributed by atoms with E-state index in [1.807, 2.05) is 38.1 Å². The molecule has 0 aliphatic rings. The number of benzene rings is 1. The van der Waals surface area contributed by atoms with Crippen molar-refractivity contribution in [1.29, 1.82) is 0 Å². The van der Waals surface area contributed by atoms with Crippen molar-refractivity contribution in [3.05, 3.63) is 81.5 Å². The van der Waals surface area contributed by atoms with E-state index in [0.717, 1.165) is 27.7 Å². The lowest BCUT2D eigenvalue weighted by molar-refractivity contribution is 0.845. The van der Waals surface area contributed by atoms with Gasteiger partial charge in [0, 0.05) is 45.6 Å². The fourth-order valence-electron chi connectivity index (χ4n) is 3.13. The number of aryl methyl sites for hydroxylation is 1. The molecule has 0 saturated heterocycles. The molecule has 6 nitrogen and oxygen atoms in total. The zero-order valence-electron chi connectivity index (χ0n) is 15.4. The minimum absolute atomic E-state index is 0.157. The average molecular weight is 392 g/mol. The third-order valence-electron chi connectivity index (χ3n) is 4.60. The van der Waals surface area contributed by atoms with E-state index >= 15 is 0 Å². The summed E-state index contributed by atoms with van der Waals surface area (Å²) in [6.45, 7) is 3.88. The number of nitrogens with zero attached hydrogens (tertiary/aromatic N) is 3. The molecule has 1 atom stereocenters. The number of fused-ring (bicyclic) bond motifs is 1. The monoisotopic (exact) mass is 391 g/mol. The highest BCUT2D eigenvalue weighted by Crippen LogP contribution is 2.23. The predicted molar refractivity (Wildman–Crippen MR) is 112 cm³/mol. The first kappa shape index (κ1) is 18.1. The van der Waals surface area contributed by atoms with Gasteiger partial charge < -0.3 is 10.3 Å². The van der Waals surface area contributed by atoms with Gasteiger partial charge in [-0.3, -0.25) is 9.78 Å². The standard InChI is InChI=1S/C21H18ClN5O/c1-12-11-23-7-5-16(12)19-6-8-24-21(27-19)25-13(2)17-10-14-9-15(22)3-4-18(14)26-20(17)28/h3-11,13H,1-2H3,(H,26,28)(H,24,25,27)/t13-/m0/s1. The SMILES string of the molecule is Cc1cnccc1-c1ccnc(N[C@@H](C)c2cc3cc(Cl)ccc3[nH]c2=O)n1. The molecule has 140 valence electrons. The Hall–Kier alpha value is -3.25. The van der Waals surface area contributed by atoms with Crippen LogP contribution in [0.25, 0.3) is 22.2 Å². The lowest BCUT2D eigenvalue weighted by Crippen LogP contribution is -2.20. The van der Waals surface area contributed by atoms with E-state index in [4.69, 9.17) is 11.6 Å². The third kappa shape index (κ3) is 3.59. The smallest absolute Gasteiger partial charge is 0.253 e. The van der Waals surface area contributed by atoms with Gasteiger partial charge in [-0.05, 0) is 55.8 Å². The molecule has 0 saturated carbocycles. The molecular weight excluding hydrogens is 374 g/mol. The van der Waals surface area contributed by atoms with Crippen molar-refractivity contribution in [2.45, 2.75) is 19.9 Å². The highest BCUT2D eigenvalue weighted by molar-refractivity contribution is 6.31. The Balaban J connectivity index is 1.66. The molecule has 7 heteroatoms. The molecule has 0 spiro atoms. The molecule has 4 aromatic rings. The van der Waals surface area contributed by atoms with Crippen molar-refractivity contribution in [1.82, 2.24) is 19.9 Å². The van der Waals surface area contributed by atoms with Gasteiger partial charge in [-0.15, -0.1) is 0 Å². The minimum Gasteiger partial charge on any atom is -0.347 e. The fraction of sp³-hybridized carbons (Fsp3) is 0.143. The van der Waals surface area contributed by atoms with Crippen LogP contribution < -0.4 is 10.9 Å². The summed E-state index contributed by atoms with van der Waals surface area (Å²) in [5, 5.41) is 4.71. The lowest BCUT2D eigenvalue weighted by Gasteiger charge is -2.15.